The third kappa shape index (κ3) is 4.08. The first-order chi connectivity index (χ1) is 10.5. The molecule has 1 atom stereocenters. The minimum atomic E-state index is -0.510. The zero-order valence-corrected chi connectivity index (χ0v) is 14.7. The number of esters is 1. The average Bonchev–Trinajstić information content (AvgIpc) is 2.89. The Labute approximate surface area is 141 Å². The van der Waals surface area contributed by atoms with Crippen LogP contribution in [-0.2, 0) is 14.3 Å². The van der Waals surface area contributed by atoms with Gasteiger partial charge in [0.05, 0.1) is 22.0 Å². The molecule has 2 amide bonds. The van der Waals surface area contributed by atoms with Gasteiger partial charge in [-0.3, -0.25) is 0 Å². The van der Waals surface area contributed by atoms with Crippen molar-refractivity contribution in [3.63, 3.8) is 0 Å². The van der Waals surface area contributed by atoms with Crippen LogP contribution in [0.25, 0.3) is 0 Å². The van der Waals surface area contributed by atoms with Gasteiger partial charge in [0.2, 0.25) is 0 Å². The lowest BCUT2D eigenvalue weighted by Gasteiger charge is -2.27. The monoisotopic (exact) mass is 388 g/mol. The van der Waals surface area contributed by atoms with E-state index >= 15 is 0 Å². The number of amides is 2. The highest BCUT2D eigenvalue weighted by Gasteiger charge is 2.33. The Morgan fingerprint density at radius 3 is 2.82 bits per heavy atom. The number of hydrogen-bond acceptors (Lipinski definition) is 5. The maximum Gasteiger partial charge on any atom is 0.338 e. The number of carbonyl (C=O) groups is 2. The summed E-state index contributed by atoms with van der Waals surface area (Å²) in [5.74, 6) is -0.459. The van der Waals surface area contributed by atoms with Gasteiger partial charge < -0.3 is 20.1 Å². The fraction of sp³-hybridized carbons (Fsp3) is 0.429. The second-order valence-corrected chi connectivity index (χ2v) is 7.04. The van der Waals surface area contributed by atoms with E-state index in [1.807, 2.05) is 19.1 Å². The predicted octanol–water partition coefficient (Wildman–Crippen LogP) is 2.72. The van der Waals surface area contributed by atoms with Gasteiger partial charge in [-0.2, -0.15) is 0 Å². The number of urea groups is 1. The summed E-state index contributed by atoms with van der Waals surface area (Å²) in [7, 11) is 0. The maximum absolute atomic E-state index is 12.3. The number of ether oxygens (including phenoxy) is 2. The second-order valence-electron chi connectivity index (χ2n) is 4.54. The average molecular weight is 389 g/mol. The van der Waals surface area contributed by atoms with Gasteiger partial charge in [-0.25, -0.2) is 9.59 Å². The number of halogens is 1. The van der Waals surface area contributed by atoms with E-state index in [1.165, 1.54) is 11.3 Å². The number of thiophene rings is 1. The Balaban J connectivity index is 2.17. The number of hydrogen-bond donors (Lipinski definition) is 2. The van der Waals surface area contributed by atoms with E-state index in [2.05, 4.69) is 26.6 Å². The molecule has 22 heavy (non-hydrogen) atoms. The van der Waals surface area contributed by atoms with Crippen LogP contribution in [0.2, 0.25) is 0 Å². The zero-order valence-electron chi connectivity index (χ0n) is 12.3. The summed E-state index contributed by atoms with van der Waals surface area (Å²) in [5, 5.41) is 5.37. The Kier molecular flexibility index (Phi) is 5.98. The van der Waals surface area contributed by atoms with Crippen molar-refractivity contribution in [2.45, 2.75) is 19.9 Å². The Bertz CT molecular complexity index is 599. The molecule has 2 N–H and O–H groups in total. The van der Waals surface area contributed by atoms with Crippen LogP contribution in [0.4, 0.5) is 4.79 Å². The van der Waals surface area contributed by atoms with Crippen LogP contribution in [-0.4, -0.2) is 31.8 Å². The Morgan fingerprint density at radius 1 is 1.41 bits per heavy atom. The molecule has 2 rings (SSSR count). The van der Waals surface area contributed by atoms with Crippen molar-refractivity contribution in [2.75, 3.05) is 19.8 Å². The molecule has 1 aromatic rings. The van der Waals surface area contributed by atoms with Crippen molar-refractivity contribution in [1.29, 1.82) is 0 Å². The molecule has 6 nitrogen and oxygen atoms in total. The van der Waals surface area contributed by atoms with Gasteiger partial charge >= 0.3 is 12.0 Å². The summed E-state index contributed by atoms with van der Waals surface area (Å²) in [6, 6.07) is 2.90. The molecule has 0 spiro atoms. The smallest absolute Gasteiger partial charge is 0.338 e. The second kappa shape index (κ2) is 7.75. The molecule has 8 heteroatoms. The van der Waals surface area contributed by atoms with Crippen molar-refractivity contribution in [3.05, 3.63) is 32.1 Å². The molecular weight excluding hydrogens is 372 g/mol. The van der Waals surface area contributed by atoms with E-state index in [9.17, 15) is 9.59 Å². The standard InChI is InChI=1S/C14H17BrN2O4S/c1-3-20-6-7-21-13(18)11-8(2)16-14(19)17-12(11)9-4-5-10(15)22-9/h4-5,12H,3,6-7H2,1-2H3,(H2,16,17,19)/t12-/m1/s1. The van der Waals surface area contributed by atoms with Gasteiger partial charge in [-0.05, 0) is 41.9 Å². The third-order valence-corrected chi connectivity index (χ3v) is 4.72. The summed E-state index contributed by atoms with van der Waals surface area (Å²) < 4.78 is 11.3. The van der Waals surface area contributed by atoms with Crippen LogP contribution in [0.3, 0.4) is 0 Å². The van der Waals surface area contributed by atoms with E-state index in [0.717, 1.165) is 8.66 Å². The first kappa shape index (κ1) is 17.0. The quantitative estimate of drug-likeness (QED) is 0.580. The number of rotatable bonds is 6. The molecule has 0 radical (unpaired) electrons. The molecule has 0 aliphatic carbocycles. The lowest BCUT2D eigenvalue weighted by Crippen LogP contribution is -2.45. The molecule has 0 aromatic carbocycles. The molecule has 0 saturated heterocycles. The molecule has 1 aliphatic rings. The number of allylic oxidation sites excluding steroid dienone is 1. The van der Waals surface area contributed by atoms with Crippen molar-refractivity contribution in [1.82, 2.24) is 10.6 Å². The lowest BCUT2D eigenvalue weighted by atomic mass is 10.0. The molecule has 0 saturated carbocycles. The van der Waals surface area contributed by atoms with Crippen molar-refractivity contribution < 1.29 is 19.1 Å². The van der Waals surface area contributed by atoms with Crippen LogP contribution >= 0.6 is 27.3 Å². The number of nitrogens with one attached hydrogen (secondary N) is 2. The third-order valence-electron chi connectivity index (χ3n) is 3.03. The van der Waals surface area contributed by atoms with E-state index < -0.39 is 12.0 Å². The van der Waals surface area contributed by atoms with E-state index in [1.54, 1.807) is 6.92 Å². The maximum atomic E-state index is 12.3. The van der Waals surface area contributed by atoms with E-state index in [4.69, 9.17) is 9.47 Å². The highest BCUT2D eigenvalue weighted by Crippen LogP contribution is 2.34. The van der Waals surface area contributed by atoms with Crippen LogP contribution in [0.5, 0.6) is 0 Å². The van der Waals surface area contributed by atoms with Crippen LogP contribution in [0, 0.1) is 0 Å². The van der Waals surface area contributed by atoms with Crippen molar-refractivity contribution >= 4 is 39.3 Å². The molecule has 1 aromatic heterocycles. The summed E-state index contributed by atoms with van der Waals surface area (Å²) in [4.78, 5) is 24.9. The molecule has 1 aliphatic heterocycles. The van der Waals surface area contributed by atoms with Gasteiger partial charge in [0.1, 0.15) is 6.61 Å². The summed E-state index contributed by atoms with van der Waals surface area (Å²) in [5.41, 5.74) is 0.908. The van der Waals surface area contributed by atoms with Gasteiger partial charge in [0, 0.05) is 17.2 Å². The zero-order chi connectivity index (χ0) is 16.1. The molecule has 0 unspecified atom stereocenters. The first-order valence-corrected chi connectivity index (χ1v) is 8.42. The topological polar surface area (TPSA) is 76.7 Å². The van der Waals surface area contributed by atoms with E-state index in [-0.39, 0.29) is 12.6 Å². The molecule has 2 heterocycles. The van der Waals surface area contributed by atoms with Crippen molar-refractivity contribution in [3.8, 4) is 0 Å². The highest BCUT2D eigenvalue weighted by atomic mass is 79.9. The van der Waals surface area contributed by atoms with Gasteiger partial charge in [0.25, 0.3) is 0 Å². The normalized spacial score (nSPS) is 18.0. The molecule has 0 fully saturated rings. The largest absolute Gasteiger partial charge is 0.460 e. The molecular formula is C14H17BrN2O4S. The fourth-order valence-electron chi connectivity index (χ4n) is 2.08. The minimum absolute atomic E-state index is 0.179. The number of carbonyl (C=O) groups excluding carboxylic acids is 2. The first-order valence-electron chi connectivity index (χ1n) is 6.81. The van der Waals surface area contributed by atoms with Gasteiger partial charge in [-0.15, -0.1) is 11.3 Å². The lowest BCUT2D eigenvalue weighted by molar-refractivity contribution is -0.141. The molecule has 0 bridgehead atoms. The highest BCUT2D eigenvalue weighted by molar-refractivity contribution is 9.11. The minimum Gasteiger partial charge on any atom is -0.460 e. The van der Waals surface area contributed by atoms with Crippen LogP contribution in [0.1, 0.15) is 24.8 Å². The van der Waals surface area contributed by atoms with E-state index in [0.29, 0.717) is 24.5 Å². The Morgan fingerprint density at radius 2 is 2.18 bits per heavy atom. The van der Waals surface area contributed by atoms with Gasteiger partial charge in [-0.1, -0.05) is 0 Å². The van der Waals surface area contributed by atoms with Gasteiger partial charge in [0.15, 0.2) is 0 Å². The molecule has 120 valence electrons. The predicted molar refractivity (Wildman–Crippen MR) is 86.6 cm³/mol. The summed E-state index contributed by atoms with van der Waals surface area (Å²) >= 11 is 4.85. The SMILES string of the molecule is CCOCCOC(=O)C1=C(C)NC(=O)N[C@@H]1c1ccc(Br)s1. The Hall–Kier alpha value is -1.38. The fourth-order valence-corrected chi connectivity index (χ4v) is 3.56. The van der Waals surface area contributed by atoms with Crippen LogP contribution in [0.15, 0.2) is 27.2 Å². The van der Waals surface area contributed by atoms with Crippen molar-refractivity contribution in [2.24, 2.45) is 0 Å². The summed E-state index contributed by atoms with van der Waals surface area (Å²) in [6.45, 7) is 4.66. The van der Waals surface area contributed by atoms with Crippen LogP contribution < -0.4 is 10.6 Å². The summed E-state index contributed by atoms with van der Waals surface area (Å²) in [6.07, 6.45) is 0.